The van der Waals surface area contributed by atoms with Gasteiger partial charge in [-0.15, -0.1) is 0 Å². The minimum Gasteiger partial charge on any atom is -0.466 e. The van der Waals surface area contributed by atoms with E-state index in [0.717, 1.165) is 83.5 Å². The number of aliphatic hydroxyl groups is 2. The summed E-state index contributed by atoms with van der Waals surface area (Å²) in [6, 6.07) is -0.553. The summed E-state index contributed by atoms with van der Waals surface area (Å²) in [5.41, 5.74) is 0. The van der Waals surface area contributed by atoms with E-state index in [4.69, 9.17) is 4.74 Å². The maximum absolute atomic E-state index is 12.5. The highest BCUT2D eigenvalue weighted by Gasteiger charge is 2.20. The highest BCUT2D eigenvalue weighted by Crippen LogP contribution is 2.18. The molecule has 2 atom stereocenters. The van der Waals surface area contributed by atoms with Crippen molar-refractivity contribution in [2.45, 2.75) is 353 Å². The van der Waals surface area contributed by atoms with E-state index in [2.05, 4.69) is 43.5 Å². The largest absolute Gasteiger partial charge is 0.466 e. The Labute approximate surface area is 431 Å². The Bertz CT molecular complexity index is 1080. The van der Waals surface area contributed by atoms with Crippen molar-refractivity contribution in [3.63, 3.8) is 0 Å². The molecule has 0 radical (unpaired) electrons. The van der Waals surface area contributed by atoms with E-state index in [1.165, 1.54) is 225 Å². The van der Waals surface area contributed by atoms with E-state index in [1.54, 1.807) is 0 Å². The van der Waals surface area contributed by atoms with Gasteiger partial charge in [0.25, 0.3) is 0 Å². The van der Waals surface area contributed by atoms with E-state index in [1.807, 2.05) is 0 Å². The summed E-state index contributed by atoms with van der Waals surface area (Å²) in [5, 5.41) is 23.3. The van der Waals surface area contributed by atoms with Gasteiger partial charge in [-0.3, -0.25) is 9.59 Å². The normalized spacial score (nSPS) is 12.7. The molecule has 408 valence electrons. The second-order valence-corrected chi connectivity index (χ2v) is 21.4. The fraction of sp³-hybridized carbons (Fsp3) is 0.905. The van der Waals surface area contributed by atoms with Gasteiger partial charge in [0.1, 0.15) is 0 Å². The van der Waals surface area contributed by atoms with Crippen LogP contribution in [-0.2, 0) is 14.3 Å². The number of amides is 1. The maximum atomic E-state index is 12.5. The zero-order chi connectivity index (χ0) is 50.0. The summed E-state index contributed by atoms with van der Waals surface area (Å²) in [6.45, 7) is 4.94. The lowest BCUT2D eigenvalue weighted by molar-refractivity contribution is -0.143. The van der Waals surface area contributed by atoms with Gasteiger partial charge in [0.05, 0.1) is 25.4 Å². The molecule has 0 aromatic carbocycles. The molecule has 3 N–H and O–H groups in total. The first kappa shape index (κ1) is 67.3. The number of hydrogen-bond donors (Lipinski definition) is 3. The number of carbonyl (C=O) groups is 2. The average Bonchev–Trinajstić information content (AvgIpc) is 3.35. The number of esters is 1. The second kappa shape index (κ2) is 58.9. The van der Waals surface area contributed by atoms with Crippen LogP contribution in [0.1, 0.15) is 341 Å². The number of aliphatic hydroxyl groups excluding tert-OH is 2. The minimum absolute atomic E-state index is 0.0101. The molecule has 0 spiro atoms. The van der Waals surface area contributed by atoms with Gasteiger partial charge in [-0.05, 0) is 64.2 Å². The molecular formula is C63H121NO5. The van der Waals surface area contributed by atoms with Crippen LogP contribution in [-0.4, -0.2) is 47.4 Å². The van der Waals surface area contributed by atoms with Crippen molar-refractivity contribution in [3.05, 3.63) is 24.3 Å². The summed E-state index contributed by atoms with van der Waals surface area (Å²) in [5.74, 6) is -0.0590. The Morgan fingerprint density at radius 3 is 1.10 bits per heavy atom. The smallest absolute Gasteiger partial charge is 0.305 e. The van der Waals surface area contributed by atoms with E-state index in [0.29, 0.717) is 25.9 Å². The molecule has 0 saturated carbocycles. The van der Waals surface area contributed by atoms with Crippen LogP contribution in [0, 0.1) is 0 Å². The fourth-order valence-corrected chi connectivity index (χ4v) is 9.73. The van der Waals surface area contributed by atoms with Crippen molar-refractivity contribution in [2.75, 3.05) is 13.2 Å². The molecule has 0 aliphatic rings. The zero-order valence-electron chi connectivity index (χ0n) is 46.6. The lowest BCUT2D eigenvalue weighted by Gasteiger charge is -2.22. The summed E-state index contributed by atoms with van der Waals surface area (Å²) in [6.07, 6.45) is 71.8. The van der Waals surface area contributed by atoms with E-state index in [-0.39, 0.29) is 18.5 Å². The molecule has 1 amide bonds. The molecule has 0 aromatic heterocycles. The van der Waals surface area contributed by atoms with Crippen molar-refractivity contribution in [3.8, 4) is 0 Å². The average molecular weight is 973 g/mol. The third kappa shape index (κ3) is 55.5. The third-order valence-electron chi connectivity index (χ3n) is 14.5. The molecule has 6 heteroatoms. The molecule has 69 heavy (non-hydrogen) atoms. The number of carbonyl (C=O) groups excluding carboxylic acids is 2. The van der Waals surface area contributed by atoms with Crippen molar-refractivity contribution >= 4 is 11.9 Å². The van der Waals surface area contributed by atoms with Gasteiger partial charge in [-0.2, -0.15) is 0 Å². The summed E-state index contributed by atoms with van der Waals surface area (Å²) in [7, 11) is 0. The van der Waals surface area contributed by atoms with Gasteiger partial charge in [-0.1, -0.05) is 289 Å². The highest BCUT2D eigenvalue weighted by molar-refractivity contribution is 5.76. The first-order valence-corrected chi connectivity index (χ1v) is 31.1. The SMILES string of the molecule is CCCCCCCCCCCCCCCCCCCCCC(=O)OCCCCC/C=C\C/C=C\CCCCCCCCCC(=O)NC(CO)C(O)CCCCCCCCCCCCCCCCCC. The predicted octanol–water partition coefficient (Wildman–Crippen LogP) is 19.4. The second-order valence-electron chi connectivity index (χ2n) is 21.4. The topological polar surface area (TPSA) is 95.9 Å². The van der Waals surface area contributed by atoms with Crippen LogP contribution in [0.2, 0.25) is 0 Å². The molecule has 6 nitrogen and oxygen atoms in total. The fourth-order valence-electron chi connectivity index (χ4n) is 9.73. The van der Waals surface area contributed by atoms with Crippen LogP contribution in [0.4, 0.5) is 0 Å². The number of nitrogens with one attached hydrogen (secondary N) is 1. The third-order valence-corrected chi connectivity index (χ3v) is 14.5. The lowest BCUT2D eigenvalue weighted by atomic mass is 10.0. The molecule has 0 fully saturated rings. The summed E-state index contributed by atoms with van der Waals surface area (Å²) < 4.78 is 5.48. The Hall–Kier alpha value is -1.66. The van der Waals surface area contributed by atoms with Crippen LogP contribution in [0.5, 0.6) is 0 Å². The van der Waals surface area contributed by atoms with E-state index in [9.17, 15) is 19.8 Å². The van der Waals surface area contributed by atoms with Crippen molar-refractivity contribution in [1.29, 1.82) is 0 Å². The van der Waals surface area contributed by atoms with Gasteiger partial charge < -0.3 is 20.3 Å². The van der Waals surface area contributed by atoms with E-state index < -0.39 is 12.1 Å². The monoisotopic (exact) mass is 972 g/mol. The van der Waals surface area contributed by atoms with Crippen LogP contribution in [0.3, 0.4) is 0 Å². The first-order chi connectivity index (χ1) is 34.0. The Kier molecular flexibility index (Phi) is 57.5. The highest BCUT2D eigenvalue weighted by atomic mass is 16.5. The number of hydrogen-bond acceptors (Lipinski definition) is 5. The van der Waals surface area contributed by atoms with Crippen molar-refractivity contribution in [2.24, 2.45) is 0 Å². The molecule has 0 aromatic rings. The van der Waals surface area contributed by atoms with Gasteiger partial charge >= 0.3 is 5.97 Å². The zero-order valence-corrected chi connectivity index (χ0v) is 46.6. The van der Waals surface area contributed by atoms with Gasteiger partial charge in [0.15, 0.2) is 0 Å². The maximum Gasteiger partial charge on any atom is 0.305 e. The standard InChI is InChI=1S/C63H121NO5/c1-3-5-7-9-11-13-15-17-19-21-22-25-29-33-37-41-45-49-53-57-63(68)69-58-54-50-46-42-38-34-30-26-23-24-28-32-36-40-44-48-52-56-62(67)64-60(59-65)61(66)55-51-47-43-39-35-31-27-20-18-16-14-12-10-8-6-4-2/h23,26,34,38,60-61,65-66H,3-22,24-25,27-33,35-37,39-59H2,1-2H3,(H,64,67)/b26-23-,38-34-. The van der Waals surface area contributed by atoms with Crippen molar-refractivity contribution in [1.82, 2.24) is 5.32 Å². The van der Waals surface area contributed by atoms with Crippen molar-refractivity contribution < 1.29 is 24.5 Å². The Morgan fingerprint density at radius 1 is 0.406 bits per heavy atom. The number of rotatable bonds is 58. The molecular weight excluding hydrogens is 851 g/mol. The number of unbranched alkanes of at least 4 members (excludes halogenated alkanes) is 43. The van der Waals surface area contributed by atoms with Crippen LogP contribution in [0.15, 0.2) is 24.3 Å². The molecule has 2 unspecified atom stereocenters. The van der Waals surface area contributed by atoms with Gasteiger partial charge in [0, 0.05) is 12.8 Å². The molecule has 0 aliphatic heterocycles. The summed E-state index contributed by atoms with van der Waals surface area (Å²) >= 11 is 0. The molecule has 0 aliphatic carbocycles. The van der Waals surface area contributed by atoms with Crippen LogP contribution < -0.4 is 5.32 Å². The molecule has 0 rings (SSSR count). The molecule has 0 saturated heterocycles. The Balaban J connectivity index is 3.46. The molecule has 0 bridgehead atoms. The minimum atomic E-state index is -0.675. The summed E-state index contributed by atoms with van der Waals surface area (Å²) in [4.78, 5) is 24.6. The van der Waals surface area contributed by atoms with Crippen LogP contribution >= 0.6 is 0 Å². The predicted molar refractivity (Wildman–Crippen MR) is 301 cm³/mol. The lowest BCUT2D eigenvalue weighted by Crippen LogP contribution is -2.45. The van der Waals surface area contributed by atoms with Gasteiger partial charge in [-0.25, -0.2) is 0 Å². The quantitative estimate of drug-likeness (QED) is 0.0321. The van der Waals surface area contributed by atoms with E-state index >= 15 is 0 Å². The van der Waals surface area contributed by atoms with Crippen LogP contribution in [0.25, 0.3) is 0 Å². The number of ether oxygens (including phenoxy) is 1. The molecule has 0 heterocycles. The first-order valence-electron chi connectivity index (χ1n) is 31.1. The number of allylic oxidation sites excluding steroid dienone is 4. The van der Waals surface area contributed by atoms with Gasteiger partial charge in [0.2, 0.25) is 5.91 Å². The Morgan fingerprint density at radius 2 is 0.725 bits per heavy atom.